The van der Waals surface area contributed by atoms with Crippen molar-refractivity contribution in [1.82, 2.24) is 19.9 Å². The average Bonchev–Trinajstić information content (AvgIpc) is 3.27. The summed E-state index contributed by atoms with van der Waals surface area (Å²) in [5, 5.41) is 7.78. The Bertz CT molecular complexity index is 1410. The number of rotatable bonds is 6. The zero-order valence-electron chi connectivity index (χ0n) is 18.6. The van der Waals surface area contributed by atoms with E-state index in [1.54, 1.807) is 18.3 Å². The Labute approximate surface area is 202 Å². The van der Waals surface area contributed by atoms with Crippen LogP contribution >= 0.6 is 11.6 Å². The van der Waals surface area contributed by atoms with Crippen LogP contribution in [0.3, 0.4) is 0 Å². The fraction of sp³-hybridized carbons (Fsp3) is 0.269. The highest BCUT2D eigenvalue weighted by molar-refractivity contribution is 6.31. The maximum atomic E-state index is 13.0. The largest absolute Gasteiger partial charge is 0.466 e. The van der Waals surface area contributed by atoms with Gasteiger partial charge in [0.25, 0.3) is 5.56 Å². The van der Waals surface area contributed by atoms with Crippen molar-refractivity contribution in [3.63, 3.8) is 0 Å². The molecule has 4 aromatic rings. The molecule has 5 rings (SSSR count). The Kier molecular flexibility index (Phi) is 6.35. The van der Waals surface area contributed by atoms with Crippen LogP contribution in [0.25, 0.3) is 11.0 Å². The number of terminal acetylenes is 1. The Morgan fingerprint density at radius 3 is 2.85 bits per heavy atom. The number of nitrogens with one attached hydrogen (secondary N) is 2. The molecule has 7 nitrogen and oxygen atoms in total. The molecule has 0 radical (unpaired) electrons. The zero-order valence-corrected chi connectivity index (χ0v) is 19.3. The minimum absolute atomic E-state index is 0.109. The number of fused-ring (bicyclic) bond motifs is 1. The molecule has 34 heavy (non-hydrogen) atoms. The van der Waals surface area contributed by atoms with Gasteiger partial charge in [-0.15, -0.1) is 6.42 Å². The first-order chi connectivity index (χ1) is 16.6. The molecule has 0 aliphatic carbocycles. The van der Waals surface area contributed by atoms with Gasteiger partial charge in [-0.3, -0.25) is 9.36 Å². The van der Waals surface area contributed by atoms with Gasteiger partial charge in [0.1, 0.15) is 11.4 Å². The molecule has 1 aromatic carbocycles. The normalized spacial score (nSPS) is 15.8. The summed E-state index contributed by atoms with van der Waals surface area (Å²) in [6.07, 6.45) is 12.3. The highest BCUT2D eigenvalue weighted by Crippen LogP contribution is 2.22. The number of halogens is 1. The maximum absolute atomic E-state index is 13.0. The van der Waals surface area contributed by atoms with Crippen molar-refractivity contribution in [2.45, 2.75) is 25.8 Å². The molecule has 1 fully saturated rings. The second-order valence-corrected chi connectivity index (χ2v) is 8.90. The van der Waals surface area contributed by atoms with Crippen molar-refractivity contribution in [1.29, 1.82) is 0 Å². The fourth-order valence-corrected chi connectivity index (χ4v) is 4.49. The van der Waals surface area contributed by atoms with Crippen molar-refractivity contribution in [3.05, 3.63) is 81.1 Å². The standard InChI is InChI=1S/C26H24ClN5O2/c1-2-19-13-20-15-29-26(31-24(20)32(25(19)33)16-23-22(27)9-11-34-23)30-21-7-5-17(6-8-21)12-18-4-3-10-28-14-18/h1,5-9,11,13,15,18,28H,3-4,10,12,14,16H2,(H,29,30,31). The molecule has 0 bridgehead atoms. The molecule has 8 heteroatoms. The fourth-order valence-electron chi connectivity index (χ4n) is 4.34. The molecule has 4 heterocycles. The van der Waals surface area contributed by atoms with E-state index in [1.165, 1.54) is 29.2 Å². The Hall–Kier alpha value is -3.60. The maximum Gasteiger partial charge on any atom is 0.268 e. The molecule has 2 N–H and O–H groups in total. The van der Waals surface area contributed by atoms with Crippen LogP contribution in [-0.2, 0) is 13.0 Å². The molecule has 1 saturated heterocycles. The van der Waals surface area contributed by atoms with Crippen LogP contribution in [0.15, 0.2) is 58.1 Å². The zero-order chi connectivity index (χ0) is 23.5. The van der Waals surface area contributed by atoms with Gasteiger partial charge in [0.05, 0.1) is 23.4 Å². The first-order valence-electron chi connectivity index (χ1n) is 11.3. The van der Waals surface area contributed by atoms with E-state index in [0.29, 0.717) is 33.7 Å². The predicted octanol–water partition coefficient (Wildman–Crippen LogP) is 4.35. The Morgan fingerprint density at radius 2 is 2.15 bits per heavy atom. The summed E-state index contributed by atoms with van der Waals surface area (Å²) in [5.74, 6) is 3.96. The first-order valence-corrected chi connectivity index (χ1v) is 11.6. The van der Waals surface area contributed by atoms with Crippen molar-refractivity contribution in [3.8, 4) is 12.3 Å². The summed E-state index contributed by atoms with van der Waals surface area (Å²) in [7, 11) is 0. The summed E-state index contributed by atoms with van der Waals surface area (Å²) < 4.78 is 6.89. The van der Waals surface area contributed by atoms with Crippen LogP contribution in [0.2, 0.25) is 5.02 Å². The van der Waals surface area contributed by atoms with Crippen molar-refractivity contribution in [2.75, 3.05) is 18.4 Å². The molecular formula is C26H24ClN5O2. The van der Waals surface area contributed by atoms with Crippen LogP contribution in [-0.4, -0.2) is 27.6 Å². The predicted molar refractivity (Wildman–Crippen MR) is 134 cm³/mol. The number of pyridine rings is 1. The molecule has 1 aliphatic heterocycles. The highest BCUT2D eigenvalue weighted by atomic mass is 35.5. The first kappa shape index (κ1) is 22.2. The Morgan fingerprint density at radius 1 is 1.29 bits per heavy atom. The summed E-state index contributed by atoms with van der Waals surface area (Å²) in [4.78, 5) is 22.0. The molecule has 0 spiro atoms. The number of anilines is 2. The summed E-state index contributed by atoms with van der Waals surface area (Å²) in [6, 6.07) is 11.6. The van der Waals surface area contributed by atoms with E-state index in [0.717, 1.165) is 25.2 Å². The molecule has 0 saturated carbocycles. The van der Waals surface area contributed by atoms with E-state index in [1.807, 2.05) is 12.1 Å². The lowest BCUT2D eigenvalue weighted by Gasteiger charge is -2.22. The molecule has 3 aromatic heterocycles. The monoisotopic (exact) mass is 473 g/mol. The van der Waals surface area contributed by atoms with E-state index in [-0.39, 0.29) is 17.7 Å². The number of nitrogens with zero attached hydrogens (tertiary/aromatic N) is 3. The number of benzene rings is 1. The summed E-state index contributed by atoms with van der Waals surface area (Å²) in [6.45, 7) is 2.31. The number of furan rings is 1. The van der Waals surface area contributed by atoms with Crippen molar-refractivity contribution in [2.24, 2.45) is 5.92 Å². The smallest absolute Gasteiger partial charge is 0.268 e. The molecule has 0 amide bonds. The van der Waals surface area contributed by atoms with Gasteiger partial charge in [0.2, 0.25) is 5.95 Å². The van der Waals surface area contributed by atoms with Gasteiger partial charge in [-0.1, -0.05) is 29.7 Å². The van der Waals surface area contributed by atoms with E-state index < -0.39 is 0 Å². The minimum Gasteiger partial charge on any atom is -0.466 e. The van der Waals surface area contributed by atoms with Crippen LogP contribution in [0, 0.1) is 18.3 Å². The highest BCUT2D eigenvalue weighted by Gasteiger charge is 2.15. The average molecular weight is 474 g/mol. The van der Waals surface area contributed by atoms with E-state index in [2.05, 4.69) is 38.7 Å². The van der Waals surface area contributed by atoms with E-state index in [4.69, 9.17) is 22.4 Å². The minimum atomic E-state index is -0.339. The van der Waals surface area contributed by atoms with Gasteiger partial charge in [0.15, 0.2) is 0 Å². The molecular weight excluding hydrogens is 450 g/mol. The second-order valence-electron chi connectivity index (χ2n) is 8.50. The van der Waals surface area contributed by atoms with Crippen LogP contribution in [0.5, 0.6) is 0 Å². The van der Waals surface area contributed by atoms with Gasteiger partial charge in [0, 0.05) is 17.3 Å². The number of piperidine rings is 1. The third-order valence-electron chi connectivity index (χ3n) is 6.11. The van der Waals surface area contributed by atoms with Gasteiger partial charge in [-0.25, -0.2) is 4.98 Å². The summed E-state index contributed by atoms with van der Waals surface area (Å²) in [5.41, 5.74) is 2.50. The van der Waals surface area contributed by atoms with Gasteiger partial charge < -0.3 is 15.1 Å². The second kappa shape index (κ2) is 9.72. The molecule has 1 unspecified atom stereocenters. The van der Waals surface area contributed by atoms with Gasteiger partial charge >= 0.3 is 0 Å². The van der Waals surface area contributed by atoms with Crippen molar-refractivity contribution < 1.29 is 4.42 Å². The number of aromatic nitrogens is 3. The molecule has 172 valence electrons. The van der Waals surface area contributed by atoms with Crippen LogP contribution in [0.1, 0.15) is 29.7 Å². The lowest BCUT2D eigenvalue weighted by molar-refractivity contribution is 0.376. The third kappa shape index (κ3) is 4.69. The lowest BCUT2D eigenvalue weighted by atomic mass is 9.92. The van der Waals surface area contributed by atoms with Gasteiger partial charge in [-0.05, 0) is 68.1 Å². The number of hydrogen-bond donors (Lipinski definition) is 2. The quantitative estimate of drug-likeness (QED) is 0.405. The van der Waals surface area contributed by atoms with E-state index in [9.17, 15) is 4.79 Å². The van der Waals surface area contributed by atoms with Crippen LogP contribution < -0.4 is 16.2 Å². The van der Waals surface area contributed by atoms with Crippen LogP contribution in [0.4, 0.5) is 11.6 Å². The SMILES string of the molecule is C#Cc1cc2cnc(Nc3ccc(CC4CCCNC4)cc3)nc2n(Cc2occc2Cl)c1=O. The lowest BCUT2D eigenvalue weighted by Crippen LogP contribution is -2.30. The third-order valence-corrected chi connectivity index (χ3v) is 6.45. The van der Waals surface area contributed by atoms with E-state index >= 15 is 0 Å². The Balaban J connectivity index is 1.42. The molecule has 1 atom stereocenters. The number of hydrogen-bond acceptors (Lipinski definition) is 6. The van der Waals surface area contributed by atoms with Crippen molar-refractivity contribution >= 4 is 34.3 Å². The summed E-state index contributed by atoms with van der Waals surface area (Å²) >= 11 is 6.18. The topological polar surface area (TPSA) is 85.0 Å². The van der Waals surface area contributed by atoms with Gasteiger partial charge in [-0.2, -0.15) is 4.98 Å². The molecule has 1 aliphatic rings.